The Morgan fingerprint density at radius 3 is 2.37 bits per heavy atom. The number of anilines is 1. The van der Waals surface area contributed by atoms with E-state index in [9.17, 15) is 13.2 Å². The van der Waals surface area contributed by atoms with Crippen LogP contribution in [0, 0.1) is 0 Å². The van der Waals surface area contributed by atoms with Crippen molar-refractivity contribution >= 4 is 21.6 Å². The highest BCUT2D eigenvalue weighted by atomic mass is 32.2. The van der Waals surface area contributed by atoms with E-state index in [0.717, 1.165) is 17.6 Å². The van der Waals surface area contributed by atoms with Gasteiger partial charge in [0.2, 0.25) is 15.9 Å². The molecule has 2 aromatic rings. The van der Waals surface area contributed by atoms with Gasteiger partial charge in [0, 0.05) is 19.5 Å². The molecule has 0 unspecified atom stereocenters. The van der Waals surface area contributed by atoms with Crippen LogP contribution in [0.25, 0.3) is 0 Å². The molecule has 1 N–H and O–H groups in total. The Bertz CT molecular complexity index is 927. The van der Waals surface area contributed by atoms with Gasteiger partial charge < -0.3 is 14.8 Å². The minimum absolute atomic E-state index is 0.109. The number of hydrogen-bond donors (Lipinski definition) is 1. The van der Waals surface area contributed by atoms with Gasteiger partial charge in [-0.2, -0.15) is 0 Å². The zero-order valence-electron chi connectivity index (χ0n) is 17.9. The van der Waals surface area contributed by atoms with Crippen LogP contribution >= 0.6 is 0 Å². The molecule has 0 aromatic heterocycles. The minimum Gasteiger partial charge on any atom is -0.495 e. The van der Waals surface area contributed by atoms with E-state index in [2.05, 4.69) is 5.32 Å². The molecule has 0 spiro atoms. The molecule has 0 saturated heterocycles. The number of sulfonamides is 1. The monoisotopic (exact) mass is 434 g/mol. The molecule has 0 heterocycles. The third-order valence-corrected chi connectivity index (χ3v) is 5.48. The number of benzene rings is 2. The van der Waals surface area contributed by atoms with Crippen LogP contribution in [0.2, 0.25) is 0 Å². The molecule has 0 aliphatic heterocycles. The van der Waals surface area contributed by atoms with Crippen LogP contribution < -0.4 is 19.1 Å². The molecule has 0 saturated carbocycles. The highest BCUT2D eigenvalue weighted by Gasteiger charge is 2.20. The number of nitrogens with zero attached hydrogens (tertiary/aromatic N) is 1. The van der Waals surface area contributed by atoms with Gasteiger partial charge in [0.25, 0.3) is 0 Å². The lowest BCUT2D eigenvalue weighted by Gasteiger charge is -2.24. The number of carbonyl (C=O) groups excluding carboxylic acids is 1. The Morgan fingerprint density at radius 2 is 1.77 bits per heavy atom. The van der Waals surface area contributed by atoms with Crippen LogP contribution in [0.1, 0.15) is 32.3 Å². The molecule has 0 fully saturated rings. The van der Waals surface area contributed by atoms with E-state index in [0.29, 0.717) is 24.4 Å². The zero-order valence-corrected chi connectivity index (χ0v) is 18.7. The number of nitrogens with one attached hydrogen (secondary N) is 1. The lowest BCUT2D eigenvalue weighted by atomic mass is 10.2. The van der Waals surface area contributed by atoms with E-state index in [1.165, 1.54) is 11.4 Å². The van der Waals surface area contributed by atoms with Crippen molar-refractivity contribution in [3.05, 3.63) is 54.1 Å². The van der Waals surface area contributed by atoms with Crippen molar-refractivity contribution < 1.29 is 22.7 Å². The molecule has 0 atom stereocenters. The maximum absolute atomic E-state index is 12.2. The maximum Gasteiger partial charge on any atom is 0.232 e. The average Bonchev–Trinajstić information content (AvgIpc) is 2.69. The largest absolute Gasteiger partial charge is 0.495 e. The van der Waals surface area contributed by atoms with E-state index in [-0.39, 0.29) is 25.0 Å². The summed E-state index contributed by atoms with van der Waals surface area (Å²) in [6, 6.07) is 14.5. The fourth-order valence-electron chi connectivity index (χ4n) is 2.93. The topological polar surface area (TPSA) is 84.9 Å². The van der Waals surface area contributed by atoms with Crippen molar-refractivity contribution in [1.29, 1.82) is 0 Å². The first-order chi connectivity index (χ1) is 14.2. The second-order valence-corrected chi connectivity index (χ2v) is 9.10. The van der Waals surface area contributed by atoms with Crippen molar-refractivity contribution in [2.45, 2.75) is 39.3 Å². The molecular weight excluding hydrogens is 404 g/mol. The van der Waals surface area contributed by atoms with E-state index in [1.54, 1.807) is 24.3 Å². The molecule has 7 nitrogen and oxygen atoms in total. The minimum atomic E-state index is -3.51. The lowest BCUT2D eigenvalue weighted by molar-refractivity contribution is -0.121. The van der Waals surface area contributed by atoms with Crippen LogP contribution in [-0.4, -0.2) is 40.3 Å². The number of ether oxygens (including phenoxy) is 2. The Kier molecular flexibility index (Phi) is 8.53. The van der Waals surface area contributed by atoms with Crippen molar-refractivity contribution in [3.63, 3.8) is 0 Å². The zero-order chi connectivity index (χ0) is 22.1. The Hall–Kier alpha value is -2.74. The summed E-state index contributed by atoms with van der Waals surface area (Å²) in [4.78, 5) is 12.2. The second kappa shape index (κ2) is 10.9. The summed E-state index contributed by atoms with van der Waals surface area (Å²) in [5.41, 5.74) is 1.43. The molecule has 2 aromatic carbocycles. The van der Waals surface area contributed by atoms with Crippen LogP contribution in [0.5, 0.6) is 11.5 Å². The van der Waals surface area contributed by atoms with Gasteiger partial charge in [-0.05, 0) is 50.1 Å². The quantitative estimate of drug-likeness (QED) is 0.586. The number of amides is 1. The molecule has 8 heteroatoms. The predicted octanol–water partition coefficient (Wildman–Crippen LogP) is 3.35. The van der Waals surface area contributed by atoms with E-state index >= 15 is 0 Å². The molecule has 0 aliphatic rings. The molecule has 0 bridgehead atoms. The molecule has 0 radical (unpaired) electrons. The van der Waals surface area contributed by atoms with Crippen molar-refractivity contribution in [1.82, 2.24) is 5.32 Å². The van der Waals surface area contributed by atoms with E-state index in [1.807, 2.05) is 38.1 Å². The molecule has 1 amide bonds. The summed E-state index contributed by atoms with van der Waals surface area (Å²) in [6.45, 7) is 4.52. The van der Waals surface area contributed by atoms with Gasteiger partial charge in [0.05, 0.1) is 25.2 Å². The highest BCUT2D eigenvalue weighted by molar-refractivity contribution is 7.92. The van der Waals surface area contributed by atoms with Crippen molar-refractivity contribution in [2.75, 3.05) is 24.2 Å². The van der Waals surface area contributed by atoms with Crippen molar-refractivity contribution in [2.24, 2.45) is 0 Å². The molecular formula is C22H30N2O5S. The van der Waals surface area contributed by atoms with Gasteiger partial charge >= 0.3 is 0 Å². The highest BCUT2D eigenvalue weighted by Crippen LogP contribution is 2.29. The standard InChI is InChI=1S/C22H30N2O5S/c1-17(2)29-19-13-11-18(12-14-19)16-23-22(25)10-7-15-24(30(4,26)27)20-8-5-6-9-21(20)28-3/h5-6,8-9,11-14,17H,7,10,15-16H2,1-4H3,(H,23,25). The Labute approximate surface area is 179 Å². The average molecular weight is 435 g/mol. The summed E-state index contributed by atoms with van der Waals surface area (Å²) >= 11 is 0. The van der Waals surface area contributed by atoms with E-state index < -0.39 is 10.0 Å². The maximum atomic E-state index is 12.2. The normalized spacial score (nSPS) is 11.2. The van der Waals surface area contributed by atoms with Gasteiger partial charge in [-0.15, -0.1) is 0 Å². The van der Waals surface area contributed by atoms with E-state index in [4.69, 9.17) is 9.47 Å². The first-order valence-electron chi connectivity index (χ1n) is 9.83. The van der Waals surface area contributed by atoms with Gasteiger partial charge in [0.15, 0.2) is 0 Å². The van der Waals surface area contributed by atoms with Gasteiger partial charge in [-0.25, -0.2) is 8.42 Å². The fourth-order valence-corrected chi connectivity index (χ4v) is 3.90. The number of para-hydroxylation sites is 2. The molecule has 30 heavy (non-hydrogen) atoms. The first kappa shape index (κ1) is 23.5. The molecule has 164 valence electrons. The summed E-state index contributed by atoms with van der Waals surface area (Å²) in [5, 5.41) is 2.86. The number of carbonyl (C=O) groups is 1. The lowest BCUT2D eigenvalue weighted by Crippen LogP contribution is -2.32. The second-order valence-electron chi connectivity index (χ2n) is 7.20. The number of methoxy groups -OCH3 is 1. The van der Waals surface area contributed by atoms with Crippen molar-refractivity contribution in [3.8, 4) is 11.5 Å². The SMILES string of the molecule is COc1ccccc1N(CCCC(=O)NCc1ccc(OC(C)C)cc1)S(C)(=O)=O. The fraction of sp³-hybridized carbons (Fsp3) is 0.409. The number of hydrogen-bond acceptors (Lipinski definition) is 5. The van der Waals surface area contributed by atoms with Crippen LogP contribution in [0.3, 0.4) is 0 Å². The number of rotatable bonds is 11. The summed E-state index contributed by atoms with van der Waals surface area (Å²) in [6.07, 6.45) is 1.86. The van der Waals surface area contributed by atoms with Crippen LogP contribution in [-0.2, 0) is 21.4 Å². The first-order valence-corrected chi connectivity index (χ1v) is 11.7. The van der Waals surface area contributed by atoms with Gasteiger partial charge in [0.1, 0.15) is 11.5 Å². The van der Waals surface area contributed by atoms with Gasteiger partial charge in [-0.1, -0.05) is 24.3 Å². The molecule has 0 aliphatic carbocycles. The Morgan fingerprint density at radius 1 is 1.10 bits per heavy atom. The molecule has 2 rings (SSSR count). The predicted molar refractivity (Wildman–Crippen MR) is 118 cm³/mol. The Balaban J connectivity index is 1.87. The summed E-state index contributed by atoms with van der Waals surface area (Å²) in [5.74, 6) is 1.13. The third kappa shape index (κ3) is 7.26. The van der Waals surface area contributed by atoms with Gasteiger partial charge in [-0.3, -0.25) is 9.10 Å². The summed E-state index contributed by atoms with van der Waals surface area (Å²) in [7, 11) is -2.01. The van der Waals surface area contributed by atoms with Crippen LogP contribution in [0.4, 0.5) is 5.69 Å². The summed E-state index contributed by atoms with van der Waals surface area (Å²) < 4.78 is 36.6. The smallest absolute Gasteiger partial charge is 0.232 e. The van der Waals surface area contributed by atoms with Crippen LogP contribution in [0.15, 0.2) is 48.5 Å². The third-order valence-electron chi connectivity index (χ3n) is 4.30.